The summed E-state index contributed by atoms with van der Waals surface area (Å²) in [5.41, 5.74) is 3.09. The zero-order chi connectivity index (χ0) is 23.2. The van der Waals surface area contributed by atoms with E-state index >= 15 is 0 Å². The van der Waals surface area contributed by atoms with Crippen molar-refractivity contribution in [2.24, 2.45) is 0 Å². The Labute approximate surface area is 199 Å². The van der Waals surface area contributed by atoms with Gasteiger partial charge >= 0.3 is 6.03 Å². The fourth-order valence-corrected chi connectivity index (χ4v) is 4.22. The van der Waals surface area contributed by atoms with Crippen LogP contribution in [0.1, 0.15) is 17.0 Å². The first-order valence-corrected chi connectivity index (χ1v) is 10.6. The number of urea groups is 1. The molecule has 6 nitrogen and oxygen atoms in total. The molecule has 4 rings (SSSR count). The maximum Gasteiger partial charge on any atom is 0.335 e. The van der Waals surface area contributed by atoms with Crippen molar-refractivity contribution in [3.8, 4) is 5.69 Å². The van der Waals surface area contributed by atoms with Crippen molar-refractivity contribution < 1.29 is 14.4 Å². The third-order valence-corrected chi connectivity index (χ3v) is 5.90. The van der Waals surface area contributed by atoms with Crippen molar-refractivity contribution in [1.29, 1.82) is 0 Å². The average Bonchev–Trinajstić information content (AvgIpc) is 3.00. The van der Waals surface area contributed by atoms with Gasteiger partial charge in [-0.25, -0.2) is 9.69 Å². The molecule has 162 valence electrons. The highest BCUT2D eigenvalue weighted by Crippen LogP contribution is 2.30. The number of imide groups is 2. The quantitative estimate of drug-likeness (QED) is 0.378. The SMILES string of the molecule is Cc1cc(/C=C2\C(=O)NC(=O)N(c3ccc(Cl)cc3)C2=O)c(C)n1-c1ccc(Cl)cc1Cl. The summed E-state index contributed by atoms with van der Waals surface area (Å²) in [6, 6.07) is 12.3. The van der Waals surface area contributed by atoms with E-state index < -0.39 is 17.8 Å². The molecule has 2 aromatic carbocycles. The normalized spacial score (nSPS) is 15.5. The van der Waals surface area contributed by atoms with Crippen LogP contribution in [0.25, 0.3) is 11.8 Å². The second kappa shape index (κ2) is 8.47. The number of halogens is 3. The van der Waals surface area contributed by atoms with E-state index in [0.717, 1.165) is 16.3 Å². The summed E-state index contributed by atoms with van der Waals surface area (Å²) < 4.78 is 1.90. The van der Waals surface area contributed by atoms with Crippen LogP contribution in [0.3, 0.4) is 0 Å². The van der Waals surface area contributed by atoms with Gasteiger partial charge in [0.2, 0.25) is 0 Å². The minimum Gasteiger partial charge on any atom is -0.316 e. The van der Waals surface area contributed by atoms with Gasteiger partial charge in [-0.3, -0.25) is 14.9 Å². The summed E-state index contributed by atoms with van der Waals surface area (Å²) >= 11 is 18.3. The number of barbiturate groups is 1. The molecule has 9 heteroatoms. The summed E-state index contributed by atoms with van der Waals surface area (Å²) in [4.78, 5) is 38.9. The molecule has 0 aliphatic carbocycles. The summed E-state index contributed by atoms with van der Waals surface area (Å²) in [6.07, 6.45) is 1.47. The number of hydrogen-bond acceptors (Lipinski definition) is 3. The highest BCUT2D eigenvalue weighted by molar-refractivity contribution is 6.39. The molecule has 0 radical (unpaired) electrons. The van der Waals surface area contributed by atoms with Gasteiger partial charge in [0.25, 0.3) is 11.8 Å². The monoisotopic (exact) mass is 487 g/mol. The van der Waals surface area contributed by atoms with Crippen LogP contribution in [0.5, 0.6) is 0 Å². The summed E-state index contributed by atoms with van der Waals surface area (Å²) in [7, 11) is 0. The smallest absolute Gasteiger partial charge is 0.316 e. The zero-order valence-electron chi connectivity index (χ0n) is 16.9. The van der Waals surface area contributed by atoms with Crippen LogP contribution in [-0.2, 0) is 9.59 Å². The Hall–Kier alpha value is -3.06. The Morgan fingerprint density at radius 2 is 1.53 bits per heavy atom. The number of benzene rings is 2. The number of hydrogen-bond donors (Lipinski definition) is 1. The van der Waals surface area contributed by atoms with Gasteiger partial charge in [-0.15, -0.1) is 0 Å². The van der Waals surface area contributed by atoms with Gasteiger partial charge in [0.1, 0.15) is 5.57 Å². The van der Waals surface area contributed by atoms with E-state index in [1.165, 1.54) is 18.2 Å². The summed E-state index contributed by atoms with van der Waals surface area (Å²) in [6.45, 7) is 3.73. The molecule has 0 atom stereocenters. The number of aryl methyl sites for hydroxylation is 1. The molecule has 0 spiro atoms. The summed E-state index contributed by atoms with van der Waals surface area (Å²) in [5, 5.41) is 3.65. The number of nitrogens with zero attached hydrogens (tertiary/aromatic N) is 2. The molecule has 2 heterocycles. The predicted molar refractivity (Wildman–Crippen MR) is 126 cm³/mol. The zero-order valence-corrected chi connectivity index (χ0v) is 19.2. The minimum absolute atomic E-state index is 0.165. The lowest BCUT2D eigenvalue weighted by Crippen LogP contribution is -2.54. The van der Waals surface area contributed by atoms with Crippen LogP contribution in [0.4, 0.5) is 10.5 Å². The Kier molecular flexibility index (Phi) is 5.86. The first-order valence-electron chi connectivity index (χ1n) is 9.49. The second-order valence-electron chi connectivity index (χ2n) is 7.19. The molecule has 1 aliphatic heterocycles. The van der Waals surface area contributed by atoms with E-state index in [2.05, 4.69) is 5.32 Å². The fraction of sp³-hybridized carbons (Fsp3) is 0.0870. The Bertz CT molecular complexity index is 1310. The largest absolute Gasteiger partial charge is 0.335 e. The molecule has 1 aromatic heterocycles. The lowest BCUT2D eigenvalue weighted by atomic mass is 10.1. The third-order valence-electron chi connectivity index (χ3n) is 5.11. The van der Waals surface area contributed by atoms with Gasteiger partial charge < -0.3 is 4.57 Å². The molecular weight excluding hydrogens is 473 g/mol. The highest BCUT2D eigenvalue weighted by Gasteiger charge is 2.37. The van der Waals surface area contributed by atoms with Crippen molar-refractivity contribution in [3.63, 3.8) is 0 Å². The molecule has 4 amide bonds. The average molecular weight is 489 g/mol. The molecule has 0 bridgehead atoms. The lowest BCUT2D eigenvalue weighted by Gasteiger charge is -2.26. The van der Waals surface area contributed by atoms with Crippen molar-refractivity contribution in [3.05, 3.63) is 86.1 Å². The predicted octanol–water partition coefficient (Wildman–Crippen LogP) is 5.72. The molecule has 1 N–H and O–H groups in total. The first-order chi connectivity index (χ1) is 15.2. The van der Waals surface area contributed by atoms with Crippen molar-refractivity contribution in [2.75, 3.05) is 4.90 Å². The van der Waals surface area contributed by atoms with Gasteiger partial charge in [0.15, 0.2) is 0 Å². The maximum atomic E-state index is 13.1. The number of nitrogens with one attached hydrogen (secondary N) is 1. The number of aromatic nitrogens is 1. The number of rotatable bonds is 3. The molecule has 1 aliphatic rings. The van der Waals surface area contributed by atoms with Crippen LogP contribution < -0.4 is 10.2 Å². The van der Waals surface area contributed by atoms with Crippen molar-refractivity contribution in [2.45, 2.75) is 13.8 Å². The molecular formula is C23H16Cl3N3O3. The van der Waals surface area contributed by atoms with Gasteiger partial charge in [-0.2, -0.15) is 0 Å². The molecule has 32 heavy (non-hydrogen) atoms. The molecule has 1 saturated heterocycles. The van der Waals surface area contributed by atoms with E-state index in [-0.39, 0.29) is 5.57 Å². The van der Waals surface area contributed by atoms with Gasteiger partial charge in [-0.1, -0.05) is 34.8 Å². The fourth-order valence-electron chi connectivity index (χ4n) is 3.60. The molecule has 1 fully saturated rings. The lowest BCUT2D eigenvalue weighted by molar-refractivity contribution is -0.122. The van der Waals surface area contributed by atoms with Gasteiger partial charge in [0, 0.05) is 21.4 Å². The minimum atomic E-state index is -0.821. The molecule has 0 unspecified atom stereocenters. The van der Waals surface area contributed by atoms with Crippen molar-refractivity contribution in [1.82, 2.24) is 9.88 Å². The van der Waals surface area contributed by atoms with Crippen LogP contribution in [0, 0.1) is 13.8 Å². The molecule has 3 aromatic rings. The van der Waals surface area contributed by atoms with E-state index in [0.29, 0.717) is 32.0 Å². The van der Waals surface area contributed by atoms with E-state index in [4.69, 9.17) is 34.8 Å². The highest BCUT2D eigenvalue weighted by atomic mass is 35.5. The summed E-state index contributed by atoms with van der Waals surface area (Å²) in [5.74, 6) is -1.49. The number of anilines is 1. The van der Waals surface area contributed by atoms with Crippen LogP contribution in [0.15, 0.2) is 54.1 Å². The van der Waals surface area contributed by atoms with Gasteiger partial charge in [0.05, 0.1) is 16.4 Å². The van der Waals surface area contributed by atoms with Crippen LogP contribution in [0.2, 0.25) is 15.1 Å². The molecule has 0 saturated carbocycles. The van der Waals surface area contributed by atoms with E-state index in [1.54, 1.807) is 30.3 Å². The van der Waals surface area contributed by atoms with E-state index in [1.807, 2.05) is 24.5 Å². The number of amides is 4. The van der Waals surface area contributed by atoms with E-state index in [9.17, 15) is 14.4 Å². The maximum absolute atomic E-state index is 13.1. The Morgan fingerprint density at radius 3 is 2.19 bits per heavy atom. The number of carbonyl (C=O) groups excluding carboxylic acids is 3. The second-order valence-corrected chi connectivity index (χ2v) is 8.47. The topological polar surface area (TPSA) is 71.4 Å². The number of carbonyl (C=O) groups is 3. The van der Waals surface area contributed by atoms with Gasteiger partial charge in [-0.05, 0) is 74.0 Å². The Balaban J connectivity index is 1.77. The standard InChI is InChI=1S/C23H16Cl3N3O3/c1-12-9-14(13(2)28(12)20-8-5-16(25)11-19(20)26)10-18-21(30)27-23(32)29(22(18)31)17-6-3-15(24)4-7-17/h3-11H,1-2H3,(H,27,30,32)/b18-10+. The first kappa shape index (κ1) is 22.1. The van der Waals surface area contributed by atoms with Crippen molar-refractivity contribution >= 4 is 64.4 Å². The third kappa shape index (κ3) is 3.93. The van der Waals surface area contributed by atoms with Crippen LogP contribution in [-0.4, -0.2) is 22.4 Å². The van der Waals surface area contributed by atoms with Crippen LogP contribution >= 0.6 is 34.8 Å². The Morgan fingerprint density at radius 1 is 0.875 bits per heavy atom.